The number of unbranched alkanes of at least 4 members (excludes halogenated alkanes) is 9. The fourth-order valence-electron chi connectivity index (χ4n) is 4.04. The minimum atomic E-state index is -1.16. The molecule has 1 saturated heterocycles. The molecule has 0 spiro atoms. The summed E-state index contributed by atoms with van der Waals surface area (Å²) in [7, 11) is 0. The van der Waals surface area contributed by atoms with E-state index in [1.165, 1.54) is 44.9 Å². The molecule has 0 aromatic carbocycles. The molecule has 1 rings (SSSR count). The molecule has 1 heterocycles. The number of aliphatic hydroxyl groups excluding tert-OH is 2. The smallest absolute Gasteiger partial charge is 0.336 e. The molecule has 1 aliphatic heterocycles. The predicted octanol–water partition coefficient (Wildman–Crippen LogP) is 4.85. The fraction of sp³-hybridized carbons (Fsp3) is 0.870. The van der Waals surface area contributed by atoms with Crippen LogP contribution in [-0.4, -0.2) is 46.2 Å². The molecule has 3 unspecified atom stereocenters. The molecule has 164 valence electrons. The Bertz CT molecular complexity index is 431. The van der Waals surface area contributed by atoms with E-state index in [0.717, 1.165) is 25.7 Å². The van der Waals surface area contributed by atoms with Crippen LogP contribution in [0.2, 0.25) is 0 Å². The minimum Gasteiger partial charge on any atom is -0.479 e. The molecule has 5 heteroatoms. The van der Waals surface area contributed by atoms with Gasteiger partial charge in [0, 0.05) is 12.3 Å². The van der Waals surface area contributed by atoms with Crippen molar-refractivity contribution in [3.63, 3.8) is 0 Å². The minimum absolute atomic E-state index is 0.246. The van der Waals surface area contributed by atoms with Crippen molar-refractivity contribution in [2.75, 3.05) is 13.2 Å². The Kier molecular flexibility index (Phi) is 13.5. The standard InChI is InChI=1S/C23H42O5/c1-2-3-4-5-6-7-8-9-10-11-12-13-14-15-20(18-21(25)19-24)23(22(26)27)16-17-28-23/h9-10,20-21,24-25H,2-8,11-19H2,1H3,(H,26,27)/b10-9-. The van der Waals surface area contributed by atoms with Crippen molar-refractivity contribution in [1.82, 2.24) is 0 Å². The van der Waals surface area contributed by atoms with Crippen LogP contribution in [0.5, 0.6) is 0 Å². The number of carboxylic acid groups (broad SMARTS) is 1. The van der Waals surface area contributed by atoms with E-state index in [2.05, 4.69) is 19.1 Å². The van der Waals surface area contributed by atoms with Gasteiger partial charge in [-0.15, -0.1) is 0 Å². The number of aliphatic hydroxyl groups is 2. The Morgan fingerprint density at radius 2 is 1.61 bits per heavy atom. The Labute approximate surface area is 171 Å². The third-order valence-corrected chi connectivity index (χ3v) is 5.94. The van der Waals surface area contributed by atoms with Crippen LogP contribution in [0, 0.1) is 5.92 Å². The molecule has 3 atom stereocenters. The van der Waals surface area contributed by atoms with Crippen molar-refractivity contribution in [2.45, 2.75) is 109 Å². The van der Waals surface area contributed by atoms with Gasteiger partial charge >= 0.3 is 5.97 Å². The summed E-state index contributed by atoms with van der Waals surface area (Å²) >= 11 is 0. The van der Waals surface area contributed by atoms with Crippen LogP contribution in [0.4, 0.5) is 0 Å². The van der Waals surface area contributed by atoms with Crippen LogP contribution in [0.3, 0.4) is 0 Å². The van der Waals surface area contributed by atoms with Crippen molar-refractivity contribution in [2.24, 2.45) is 5.92 Å². The molecule has 0 saturated carbocycles. The van der Waals surface area contributed by atoms with E-state index < -0.39 is 17.7 Å². The molecule has 1 aliphatic rings. The van der Waals surface area contributed by atoms with Crippen molar-refractivity contribution in [1.29, 1.82) is 0 Å². The largest absolute Gasteiger partial charge is 0.479 e. The number of carbonyl (C=O) groups is 1. The molecule has 0 aromatic heterocycles. The highest BCUT2D eigenvalue weighted by Gasteiger charge is 2.52. The lowest BCUT2D eigenvalue weighted by Crippen LogP contribution is -2.57. The van der Waals surface area contributed by atoms with Crippen molar-refractivity contribution in [3.8, 4) is 0 Å². The number of hydrogen-bond acceptors (Lipinski definition) is 4. The molecule has 0 amide bonds. The zero-order valence-corrected chi connectivity index (χ0v) is 17.8. The number of aliphatic carboxylic acids is 1. The van der Waals surface area contributed by atoms with E-state index in [9.17, 15) is 15.0 Å². The first-order chi connectivity index (χ1) is 13.6. The van der Waals surface area contributed by atoms with Gasteiger partial charge in [0.05, 0.1) is 19.3 Å². The van der Waals surface area contributed by atoms with Crippen molar-refractivity contribution in [3.05, 3.63) is 12.2 Å². The van der Waals surface area contributed by atoms with E-state index in [1.54, 1.807) is 0 Å². The van der Waals surface area contributed by atoms with Crippen LogP contribution >= 0.6 is 0 Å². The zero-order chi connectivity index (χ0) is 20.7. The van der Waals surface area contributed by atoms with Gasteiger partial charge in [0.15, 0.2) is 5.60 Å². The number of allylic oxidation sites excluding steroid dienone is 2. The molecular weight excluding hydrogens is 356 g/mol. The third kappa shape index (κ3) is 9.06. The van der Waals surface area contributed by atoms with Gasteiger partial charge in [-0.05, 0) is 38.5 Å². The van der Waals surface area contributed by atoms with Gasteiger partial charge in [0.25, 0.3) is 0 Å². The van der Waals surface area contributed by atoms with Crippen LogP contribution in [-0.2, 0) is 9.53 Å². The van der Waals surface area contributed by atoms with E-state index in [0.29, 0.717) is 19.4 Å². The van der Waals surface area contributed by atoms with Gasteiger partial charge in [-0.2, -0.15) is 0 Å². The summed E-state index contributed by atoms with van der Waals surface area (Å²) in [5.41, 5.74) is -1.16. The van der Waals surface area contributed by atoms with Gasteiger partial charge in [-0.3, -0.25) is 0 Å². The van der Waals surface area contributed by atoms with E-state index in [1.807, 2.05) is 0 Å². The first-order valence-corrected chi connectivity index (χ1v) is 11.4. The summed E-state index contributed by atoms with van der Waals surface area (Å²) < 4.78 is 5.45. The lowest BCUT2D eigenvalue weighted by Gasteiger charge is -2.44. The first kappa shape index (κ1) is 25.1. The highest BCUT2D eigenvalue weighted by atomic mass is 16.5. The molecule has 0 aromatic rings. The maximum Gasteiger partial charge on any atom is 0.336 e. The van der Waals surface area contributed by atoms with Crippen molar-refractivity contribution >= 4 is 5.97 Å². The van der Waals surface area contributed by atoms with E-state index in [-0.39, 0.29) is 18.9 Å². The Balaban J connectivity index is 2.17. The third-order valence-electron chi connectivity index (χ3n) is 5.94. The number of carboxylic acids is 1. The summed E-state index contributed by atoms with van der Waals surface area (Å²) in [5, 5.41) is 28.5. The quantitative estimate of drug-likeness (QED) is 0.227. The van der Waals surface area contributed by atoms with Crippen LogP contribution in [0.15, 0.2) is 12.2 Å². The van der Waals surface area contributed by atoms with Crippen LogP contribution in [0.25, 0.3) is 0 Å². The number of hydrogen-bond donors (Lipinski definition) is 3. The zero-order valence-electron chi connectivity index (χ0n) is 17.8. The maximum absolute atomic E-state index is 11.7. The Hall–Kier alpha value is -0.910. The van der Waals surface area contributed by atoms with Crippen LogP contribution in [0.1, 0.15) is 96.8 Å². The second-order valence-corrected chi connectivity index (χ2v) is 8.23. The Morgan fingerprint density at radius 3 is 2.11 bits per heavy atom. The topological polar surface area (TPSA) is 87.0 Å². The molecule has 28 heavy (non-hydrogen) atoms. The normalized spacial score (nSPS) is 21.5. The predicted molar refractivity (Wildman–Crippen MR) is 112 cm³/mol. The fourth-order valence-corrected chi connectivity index (χ4v) is 4.04. The molecular formula is C23H42O5. The molecule has 0 aliphatic carbocycles. The summed E-state index contributed by atoms with van der Waals surface area (Å²) in [6.45, 7) is 2.36. The monoisotopic (exact) mass is 398 g/mol. The second-order valence-electron chi connectivity index (χ2n) is 8.23. The second kappa shape index (κ2) is 15.0. The van der Waals surface area contributed by atoms with Gasteiger partial charge in [-0.25, -0.2) is 4.79 Å². The average Bonchev–Trinajstić information content (AvgIpc) is 2.63. The number of ether oxygens (including phenoxy) is 1. The average molecular weight is 399 g/mol. The van der Waals surface area contributed by atoms with Crippen LogP contribution < -0.4 is 0 Å². The van der Waals surface area contributed by atoms with Gasteiger partial charge in [0.1, 0.15) is 0 Å². The molecule has 3 N–H and O–H groups in total. The SMILES string of the molecule is CCCCCCCC/C=C\CCCCCC(CC(O)CO)C1(C(=O)O)CCO1. The Morgan fingerprint density at radius 1 is 1.04 bits per heavy atom. The highest BCUT2D eigenvalue weighted by Crippen LogP contribution is 2.40. The molecule has 0 bridgehead atoms. The summed E-state index contributed by atoms with van der Waals surface area (Å²) in [5.74, 6) is -1.18. The maximum atomic E-state index is 11.7. The lowest BCUT2D eigenvalue weighted by molar-refractivity contribution is -0.214. The first-order valence-electron chi connectivity index (χ1n) is 11.4. The van der Waals surface area contributed by atoms with E-state index >= 15 is 0 Å². The molecule has 1 fully saturated rings. The van der Waals surface area contributed by atoms with E-state index in [4.69, 9.17) is 9.84 Å². The molecule has 5 nitrogen and oxygen atoms in total. The number of rotatable bonds is 18. The summed E-state index contributed by atoms with van der Waals surface area (Å²) in [4.78, 5) is 11.7. The molecule has 0 radical (unpaired) electrons. The van der Waals surface area contributed by atoms with Gasteiger partial charge in [0.2, 0.25) is 0 Å². The summed E-state index contributed by atoms with van der Waals surface area (Å²) in [6, 6.07) is 0. The van der Waals surface area contributed by atoms with Gasteiger partial charge in [-0.1, -0.05) is 64.0 Å². The summed E-state index contributed by atoms with van der Waals surface area (Å²) in [6.07, 6.45) is 18.5. The van der Waals surface area contributed by atoms with Crippen molar-refractivity contribution < 1.29 is 24.9 Å². The van der Waals surface area contributed by atoms with Gasteiger partial charge < -0.3 is 20.1 Å². The highest BCUT2D eigenvalue weighted by molar-refractivity contribution is 5.78. The lowest BCUT2D eigenvalue weighted by atomic mass is 9.75.